The van der Waals surface area contributed by atoms with Crippen molar-refractivity contribution in [2.45, 2.75) is 218 Å². The molecule has 4 fully saturated rings. The van der Waals surface area contributed by atoms with Crippen molar-refractivity contribution in [2.75, 3.05) is 78.5 Å². The van der Waals surface area contributed by atoms with Crippen LogP contribution in [0.3, 0.4) is 0 Å². The highest BCUT2D eigenvalue weighted by atomic mass is 35.5. The Bertz CT molecular complexity index is 3880. The second kappa shape index (κ2) is 35.7. The number of carbonyl (C=O) groups is 7. The van der Waals surface area contributed by atoms with Gasteiger partial charge >= 0.3 is 18.2 Å². The lowest BCUT2D eigenvalue weighted by Gasteiger charge is -2.42. The number of fused-ring (bicyclic) bond motifs is 7. The number of aliphatic hydroxyl groups is 1. The Morgan fingerprint density at radius 2 is 1.61 bits per heavy atom. The van der Waals surface area contributed by atoms with Gasteiger partial charge in [-0.1, -0.05) is 127 Å². The van der Waals surface area contributed by atoms with Crippen molar-refractivity contribution in [3.05, 3.63) is 128 Å². The number of allylic oxidation sites excluding steroid dienone is 3. The molecule has 107 heavy (non-hydrogen) atoms. The number of carbonyl (C=O) groups excluding carboxylic acids is 7. The average molecular weight is 1540 g/mol. The van der Waals surface area contributed by atoms with E-state index in [1.54, 1.807) is 57.3 Å². The lowest BCUT2D eigenvalue weighted by atomic mass is 9.68. The number of anilines is 1. The number of ether oxygens (including phenoxy) is 8. The number of rotatable bonds is 25. The molecule has 5 amide bonds. The standard InChI is InChI=1S/C80H108Cl2N8O16S/c1-49(2)90(77(6,7)8)76(97)103-48-60-58-28-30-61-62(31-29-59(58)60)89(85-84-61)36-38-102-40-39-101-37-35-88(74(95)79(33-15-14-16-34-79)56-24-26-57(81)27-25-56)47-53-20-22-55(23-21-53)73(94)107-41-32-68(91)86(10)52(5)72(93)105-67-45-69(92)87(11)63-43-54(44-64(99-12)70(63)82)42-50(3)18-17-19-66(100-13)80(98)46-65(104-75(96)83-80)51(4)71-78(67,9)106-71/h17-27,43-44,49,51-52,58-60,65-67,71,98H,14-16,28-42,45-48H2,1-13H3,(H,83,96)/b19-17+,50-18+/t51-,52+,58+,59-,60-,65+,66-,67+,71+,78?,80+/m1/s1. The summed E-state index contributed by atoms with van der Waals surface area (Å²) in [6, 6.07) is 17.1. The Morgan fingerprint density at radius 1 is 0.916 bits per heavy atom. The molecule has 24 nitrogen and oxygen atoms in total. The van der Waals surface area contributed by atoms with Crippen LogP contribution in [0.15, 0.2) is 84.5 Å². The van der Waals surface area contributed by atoms with Crippen molar-refractivity contribution in [3.63, 3.8) is 0 Å². The largest absolute Gasteiger partial charge is 0.495 e. The molecule has 4 bridgehead atoms. The first-order valence-corrected chi connectivity index (χ1v) is 39.3. The van der Waals surface area contributed by atoms with Crippen LogP contribution in [-0.4, -0.2) is 203 Å². The minimum absolute atomic E-state index is 0.00000836. The number of likely N-dealkylation sites (N-methyl/N-ethyl adjacent to an activating group) is 1. The van der Waals surface area contributed by atoms with Crippen LogP contribution in [-0.2, 0) is 90.1 Å². The van der Waals surface area contributed by atoms with Crippen LogP contribution < -0.4 is 15.0 Å². The van der Waals surface area contributed by atoms with E-state index in [1.807, 2.05) is 98.5 Å². The Morgan fingerprint density at radius 3 is 2.28 bits per heavy atom. The van der Waals surface area contributed by atoms with Gasteiger partial charge in [0, 0.05) is 81.0 Å². The minimum atomic E-state index is -1.89. The van der Waals surface area contributed by atoms with Gasteiger partial charge in [0.1, 0.15) is 40.7 Å². The normalized spacial score (nSPS) is 26.0. The van der Waals surface area contributed by atoms with Crippen LogP contribution in [0.5, 0.6) is 5.75 Å². The molecular weight excluding hydrogens is 1430 g/mol. The molecular formula is C80H108Cl2N8O16S. The van der Waals surface area contributed by atoms with Crippen molar-refractivity contribution >= 4 is 81.6 Å². The van der Waals surface area contributed by atoms with E-state index in [-0.39, 0.29) is 65.5 Å². The molecule has 1 aromatic heterocycles. The topological polar surface area (TPSA) is 273 Å². The van der Waals surface area contributed by atoms with Gasteiger partial charge in [-0.15, -0.1) is 5.10 Å². The van der Waals surface area contributed by atoms with Crippen molar-refractivity contribution in [1.29, 1.82) is 0 Å². The molecule has 11 atom stereocenters. The monoisotopic (exact) mass is 1540 g/mol. The highest BCUT2D eigenvalue weighted by Gasteiger charge is 2.65. The molecule has 6 aliphatic rings. The number of hydrogen-bond acceptors (Lipinski definition) is 19. The van der Waals surface area contributed by atoms with Crippen LogP contribution in [0, 0.1) is 23.7 Å². The smallest absolute Gasteiger partial charge is 0.410 e. The number of alkyl carbamates (subject to hydrolysis) is 1. The Hall–Kier alpha value is -7.10. The molecule has 0 radical (unpaired) electrons. The lowest BCUT2D eigenvalue weighted by Crippen LogP contribution is -2.63. The number of halogens is 2. The first-order valence-electron chi connectivity index (χ1n) is 37.6. The molecule has 2 N–H and O–H groups in total. The van der Waals surface area contributed by atoms with Crippen molar-refractivity contribution in [3.8, 4) is 5.75 Å². The van der Waals surface area contributed by atoms with Gasteiger partial charge in [0.2, 0.25) is 22.8 Å². The highest BCUT2D eigenvalue weighted by Crippen LogP contribution is 2.54. The molecule has 10 rings (SSSR count). The Balaban J connectivity index is 0.727. The maximum atomic E-state index is 15.2. The van der Waals surface area contributed by atoms with Gasteiger partial charge in [-0.25, -0.2) is 19.1 Å². The number of thioether (sulfide) groups is 1. The first kappa shape index (κ1) is 82.4. The zero-order chi connectivity index (χ0) is 77.3. The Kier molecular flexibility index (Phi) is 27.5. The number of esters is 1. The number of nitrogens with one attached hydrogen (secondary N) is 1. The molecule has 3 aliphatic heterocycles. The van der Waals surface area contributed by atoms with Gasteiger partial charge in [-0.05, 0) is 159 Å². The van der Waals surface area contributed by atoms with Gasteiger partial charge in [-0.2, -0.15) is 0 Å². The third-order valence-electron chi connectivity index (χ3n) is 22.5. The summed E-state index contributed by atoms with van der Waals surface area (Å²) in [5.74, 6) is -0.575. The molecule has 4 aromatic rings. The number of amides is 5. The van der Waals surface area contributed by atoms with Crippen LogP contribution in [0.1, 0.15) is 165 Å². The number of hydrogen-bond donors (Lipinski definition) is 2. The van der Waals surface area contributed by atoms with E-state index in [2.05, 4.69) is 15.6 Å². The van der Waals surface area contributed by atoms with Gasteiger partial charge in [-0.3, -0.25) is 24.5 Å². The minimum Gasteiger partial charge on any atom is -0.495 e. The first-order chi connectivity index (χ1) is 50.9. The van der Waals surface area contributed by atoms with E-state index in [9.17, 15) is 33.9 Å². The van der Waals surface area contributed by atoms with Crippen molar-refractivity contribution in [2.24, 2.45) is 23.7 Å². The maximum absolute atomic E-state index is 15.2. The van der Waals surface area contributed by atoms with E-state index in [1.165, 1.54) is 38.0 Å². The van der Waals surface area contributed by atoms with Crippen LogP contribution >= 0.6 is 35.0 Å². The molecule has 0 spiro atoms. The van der Waals surface area contributed by atoms with Crippen LogP contribution in [0.25, 0.3) is 0 Å². The number of aryl methyl sites for hydroxylation is 1. The quantitative estimate of drug-likeness (QED) is 0.0270. The average Bonchev–Trinajstić information content (AvgIpc) is 1.53. The second-order valence-corrected chi connectivity index (χ2v) is 33.0. The number of nitrogens with zero attached hydrogens (tertiary/aromatic N) is 7. The number of epoxide rings is 1. The molecule has 3 aliphatic carbocycles. The van der Waals surface area contributed by atoms with Crippen LogP contribution in [0.2, 0.25) is 10.0 Å². The van der Waals surface area contributed by atoms with Crippen LogP contribution in [0.4, 0.5) is 15.3 Å². The molecule has 2 saturated carbocycles. The summed E-state index contributed by atoms with van der Waals surface area (Å²) in [4.78, 5) is 104. The van der Waals surface area contributed by atoms with E-state index in [4.69, 9.17) is 61.1 Å². The zero-order valence-corrected chi connectivity index (χ0v) is 66.5. The molecule has 3 aromatic carbocycles. The summed E-state index contributed by atoms with van der Waals surface area (Å²) in [5, 5.41) is 24.1. The SMILES string of the molecule is COc1cc2cc(c1Cl)N(C)C(=O)C[C@H](OC(=O)[C@H](C)N(C)C(=O)CCSC(=O)c1ccc(CN(CCOCCOCCn3nnc4c3CC[C@@H]3[C@H](CC4)[C@H]3COC(=O)N(C(C)C)C(C)(C)C)C(=O)C3(c4ccc(Cl)cc4)CCCCC3)cc1)C1(C)O[C@H]1[C@H](C)[C@@H]1C[C@@](O)(NC(=O)O1)[C@H](OC)/C=C/C=C(\C)C2. The molecule has 27 heteroatoms. The maximum Gasteiger partial charge on any atom is 0.410 e. The van der Waals surface area contributed by atoms with Crippen molar-refractivity contribution < 1.29 is 76.6 Å². The molecule has 1 unspecified atom stereocenters. The molecule has 4 heterocycles. The van der Waals surface area contributed by atoms with Gasteiger partial charge in [0.05, 0.1) is 81.7 Å². The fraction of sp³-hybridized carbons (Fsp3) is 0.613. The molecule has 584 valence electrons. The highest BCUT2D eigenvalue weighted by molar-refractivity contribution is 8.14. The lowest BCUT2D eigenvalue weighted by molar-refractivity contribution is -0.162. The predicted molar refractivity (Wildman–Crippen MR) is 407 cm³/mol. The van der Waals surface area contributed by atoms with E-state index in [0.29, 0.717) is 98.6 Å². The molecule has 2 saturated heterocycles. The second-order valence-electron chi connectivity index (χ2n) is 31.1. The van der Waals surface area contributed by atoms with E-state index in [0.717, 1.165) is 90.4 Å². The van der Waals surface area contributed by atoms with Gasteiger partial charge in [0.25, 0.3) is 0 Å². The number of benzene rings is 3. The third-order valence-corrected chi connectivity index (χ3v) is 24.0. The fourth-order valence-electron chi connectivity index (χ4n) is 16.2. The number of methoxy groups -OCH3 is 2. The zero-order valence-electron chi connectivity index (χ0n) is 64.2. The van der Waals surface area contributed by atoms with Gasteiger partial charge in [0.15, 0.2) is 5.72 Å². The van der Waals surface area contributed by atoms with Gasteiger partial charge < -0.3 is 62.6 Å². The summed E-state index contributed by atoms with van der Waals surface area (Å²) in [6.45, 7) is 19.9. The summed E-state index contributed by atoms with van der Waals surface area (Å²) in [5.41, 5.74) is 2.00. The Labute approximate surface area is 643 Å². The van der Waals surface area contributed by atoms with E-state index >= 15 is 4.79 Å². The fourth-order valence-corrected chi connectivity index (χ4v) is 17.4. The van der Waals surface area contributed by atoms with E-state index < -0.39 is 83.4 Å². The summed E-state index contributed by atoms with van der Waals surface area (Å²) < 4.78 is 49.9. The third kappa shape index (κ3) is 19.7. The summed E-state index contributed by atoms with van der Waals surface area (Å²) in [7, 11) is 5.92. The number of aromatic nitrogens is 3. The predicted octanol–water partition coefficient (Wildman–Crippen LogP) is 12.1. The summed E-state index contributed by atoms with van der Waals surface area (Å²) >= 11 is 14.2. The summed E-state index contributed by atoms with van der Waals surface area (Å²) in [6.07, 6.45) is 7.85. The van der Waals surface area contributed by atoms with Crippen molar-refractivity contribution in [1.82, 2.24) is 35.0 Å².